The maximum absolute atomic E-state index is 12.9. The van der Waals surface area contributed by atoms with Crippen LogP contribution in [0.2, 0.25) is 0 Å². The Morgan fingerprint density at radius 2 is 1.90 bits per heavy atom. The summed E-state index contributed by atoms with van der Waals surface area (Å²) in [6.45, 7) is 0. The third kappa shape index (κ3) is 2.51. The first-order chi connectivity index (χ1) is 10.1. The van der Waals surface area contributed by atoms with Gasteiger partial charge in [-0.1, -0.05) is 0 Å². The van der Waals surface area contributed by atoms with Crippen LogP contribution < -0.4 is 0 Å². The van der Waals surface area contributed by atoms with Crippen LogP contribution in [0.3, 0.4) is 0 Å². The van der Waals surface area contributed by atoms with Gasteiger partial charge in [-0.25, -0.2) is 18.9 Å². The lowest BCUT2D eigenvalue weighted by molar-refractivity contribution is 0.0696. The molecule has 2 aromatic heterocycles. The number of hydrogen-bond acceptors (Lipinski definition) is 3. The number of hydrogen-bond donors (Lipinski definition) is 1. The lowest BCUT2D eigenvalue weighted by Gasteiger charge is -2.04. The monoisotopic (exact) mass is 283 g/mol. The molecule has 0 amide bonds. The van der Waals surface area contributed by atoms with Crippen molar-refractivity contribution in [3.05, 3.63) is 66.2 Å². The molecule has 104 valence electrons. The third-order valence-corrected chi connectivity index (χ3v) is 2.96. The second-order valence-corrected chi connectivity index (χ2v) is 4.33. The minimum atomic E-state index is -1.07. The molecule has 0 saturated carbocycles. The van der Waals surface area contributed by atoms with Crippen LogP contribution in [0.1, 0.15) is 10.4 Å². The fourth-order valence-electron chi connectivity index (χ4n) is 1.96. The molecule has 0 atom stereocenters. The maximum Gasteiger partial charge on any atom is 0.339 e. The summed E-state index contributed by atoms with van der Waals surface area (Å²) < 4.78 is 14.3. The molecule has 6 heteroatoms. The van der Waals surface area contributed by atoms with Crippen LogP contribution in [-0.2, 0) is 0 Å². The SMILES string of the molecule is O=C(O)c1cccnc1-n1ccc(-c2ccc(F)cc2)n1. The average Bonchev–Trinajstić information content (AvgIpc) is 2.97. The topological polar surface area (TPSA) is 68.0 Å². The molecule has 0 aliphatic carbocycles. The zero-order valence-electron chi connectivity index (χ0n) is 10.8. The van der Waals surface area contributed by atoms with Crippen molar-refractivity contribution in [3.63, 3.8) is 0 Å². The zero-order valence-corrected chi connectivity index (χ0v) is 10.8. The maximum atomic E-state index is 12.9. The molecule has 0 unspecified atom stereocenters. The summed E-state index contributed by atoms with van der Waals surface area (Å²) in [5.41, 5.74) is 1.41. The molecular weight excluding hydrogens is 273 g/mol. The number of halogens is 1. The van der Waals surface area contributed by atoms with Gasteiger partial charge in [-0.2, -0.15) is 5.10 Å². The van der Waals surface area contributed by atoms with Crippen LogP contribution in [0.25, 0.3) is 17.1 Å². The Hall–Kier alpha value is -3.02. The van der Waals surface area contributed by atoms with Gasteiger partial charge in [0.1, 0.15) is 11.4 Å². The molecule has 2 heterocycles. The van der Waals surface area contributed by atoms with Gasteiger partial charge in [0.05, 0.1) is 5.69 Å². The summed E-state index contributed by atoms with van der Waals surface area (Å²) in [6, 6.07) is 10.6. The number of benzene rings is 1. The quantitative estimate of drug-likeness (QED) is 0.802. The molecule has 0 radical (unpaired) electrons. The van der Waals surface area contributed by atoms with E-state index in [-0.39, 0.29) is 17.2 Å². The first kappa shape index (κ1) is 13.0. The fraction of sp³-hybridized carbons (Fsp3) is 0. The molecule has 1 aromatic carbocycles. The van der Waals surface area contributed by atoms with Crippen molar-refractivity contribution >= 4 is 5.97 Å². The number of pyridine rings is 1. The minimum absolute atomic E-state index is 0.0613. The van der Waals surface area contributed by atoms with Crippen LogP contribution in [0, 0.1) is 5.82 Å². The Morgan fingerprint density at radius 1 is 1.14 bits per heavy atom. The van der Waals surface area contributed by atoms with E-state index in [0.717, 1.165) is 5.56 Å². The number of carbonyl (C=O) groups is 1. The van der Waals surface area contributed by atoms with Crippen molar-refractivity contribution in [2.75, 3.05) is 0 Å². The first-order valence-corrected chi connectivity index (χ1v) is 6.15. The summed E-state index contributed by atoms with van der Waals surface area (Å²) >= 11 is 0. The van der Waals surface area contributed by atoms with Gasteiger partial charge in [0.15, 0.2) is 5.82 Å². The van der Waals surface area contributed by atoms with Crippen molar-refractivity contribution in [3.8, 4) is 17.1 Å². The molecule has 0 saturated heterocycles. The largest absolute Gasteiger partial charge is 0.478 e. The van der Waals surface area contributed by atoms with E-state index in [9.17, 15) is 9.18 Å². The zero-order chi connectivity index (χ0) is 14.8. The van der Waals surface area contributed by atoms with Gasteiger partial charge in [-0.15, -0.1) is 0 Å². The summed E-state index contributed by atoms with van der Waals surface area (Å²) in [7, 11) is 0. The van der Waals surface area contributed by atoms with Gasteiger partial charge in [0, 0.05) is 18.0 Å². The molecule has 0 aliphatic rings. The molecule has 5 nitrogen and oxygen atoms in total. The number of aromatic carboxylic acids is 1. The lowest BCUT2D eigenvalue weighted by Crippen LogP contribution is -2.07. The highest BCUT2D eigenvalue weighted by molar-refractivity contribution is 5.91. The predicted octanol–water partition coefficient (Wildman–Crippen LogP) is 2.77. The van der Waals surface area contributed by atoms with Crippen LogP contribution in [0.4, 0.5) is 4.39 Å². The van der Waals surface area contributed by atoms with Crippen molar-refractivity contribution in [2.45, 2.75) is 0 Å². The number of carboxylic acid groups (broad SMARTS) is 1. The molecule has 0 fully saturated rings. The summed E-state index contributed by atoms with van der Waals surface area (Å²) in [5, 5.41) is 13.5. The Kier molecular flexibility index (Phi) is 3.19. The highest BCUT2D eigenvalue weighted by atomic mass is 19.1. The molecule has 3 aromatic rings. The number of carboxylic acids is 1. The van der Waals surface area contributed by atoms with Crippen molar-refractivity contribution in [2.24, 2.45) is 0 Å². The average molecular weight is 283 g/mol. The lowest BCUT2D eigenvalue weighted by atomic mass is 10.1. The molecular formula is C15H10FN3O2. The van der Waals surface area contributed by atoms with Gasteiger partial charge >= 0.3 is 5.97 Å². The number of aromatic nitrogens is 3. The van der Waals surface area contributed by atoms with E-state index in [1.807, 2.05) is 0 Å². The van der Waals surface area contributed by atoms with E-state index < -0.39 is 5.97 Å². The molecule has 3 rings (SSSR count). The van der Waals surface area contributed by atoms with Gasteiger partial charge in [-0.05, 0) is 42.5 Å². The van der Waals surface area contributed by atoms with Crippen molar-refractivity contribution in [1.82, 2.24) is 14.8 Å². The van der Waals surface area contributed by atoms with Crippen molar-refractivity contribution < 1.29 is 14.3 Å². The second kappa shape index (κ2) is 5.16. The van der Waals surface area contributed by atoms with Crippen LogP contribution >= 0.6 is 0 Å². The van der Waals surface area contributed by atoms with Crippen LogP contribution in [-0.4, -0.2) is 25.8 Å². The van der Waals surface area contributed by atoms with Gasteiger partial charge in [0.2, 0.25) is 0 Å². The van der Waals surface area contributed by atoms with E-state index in [4.69, 9.17) is 5.11 Å². The molecule has 1 N–H and O–H groups in total. The van der Waals surface area contributed by atoms with Gasteiger partial charge in [-0.3, -0.25) is 0 Å². The Labute approximate surface area is 119 Å². The standard InChI is InChI=1S/C15H10FN3O2/c16-11-5-3-10(4-6-11)13-7-9-19(18-13)14-12(15(20)21)2-1-8-17-14/h1-9H,(H,20,21). The Balaban J connectivity index is 2.03. The summed E-state index contributed by atoms with van der Waals surface area (Å²) in [5.74, 6) is -1.16. The minimum Gasteiger partial charge on any atom is -0.478 e. The fourth-order valence-corrected chi connectivity index (χ4v) is 1.96. The molecule has 0 bridgehead atoms. The normalized spacial score (nSPS) is 10.5. The van der Waals surface area contributed by atoms with Gasteiger partial charge in [0.25, 0.3) is 0 Å². The smallest absolute Gasteiger partial charge is 0.339 e. The third-order valence-electron chi connectivity index (χ3n) is 2.96. The number of rotatable bonds is 3. The highest BCUT2D eigenvalue weighted by Crippen LogP contribution is 2.19. The van der Waals surface area contributed by atoms with Crippen LogP contribution in [0.5, 0.6) is 0 Å². The van der Waals surface area contributed by atoms with E-state index in [1.54, 1.807) is 30.5 Å². The van der Waals surface area contributed by atoms with Crippen LogP contribution in [0.15, 0.2) is 54.9 Å². The Bertz CT molecular complexity index is 797. The highest BCUT2D eigenvalue weighted by Gasteiger charge is 2.13. The van der Waals surface area contributed by atoms with Gasteiger partial charge < -0.3 is 5.11 Å². The molecule has 0 aliphatic heterocycles. The summed E-state index contributed by atoms with van der Waals surface area (Å²) in [4.78, 5) is 15.2. The van der Waals surface area contributed by atoms with Crippen molar-refractivity contribution in [1.29, 1.82) is 0 Å². The predicted molar refractivity (Wildman–Crippen MR) is 73.7 cm³/mol. The van der Waals surface area contributed by atoms with E-state index >= 15 is 0 Å². The van der Waals surface area contributed by atoms with E-state index in [0.29, 0.717) is 5.69 Å². The Morgan fingerprint density at radius 3 is 2.62 bits per heavy atom. The first-order valence-electron chi connectivity index (χ1n) is 6.15. The summed E-state index contributed by atoms with van der Waals surface area (Å²) in [6.07, 6.45) is 3.12. The molecule has 0 spiro atoms. The van der Waals surface area contributed by atoms with E-state index in [1.165, 1.54) is 29.1 Å². The van der Waals surface area contributed by atoms with E-state index in [2.05, 4.69) is 10.1 Å². The number of nitrogens with zero attached hydrogens (tertiary/aromatic N) is 3. The molecule has 21 heavy (non-hydrogen) atoms. The second-order valence-electron chi connectivity index (χ2n) is 4.33.